The molecule has 1 aliphatic carbocycles. The van der Waals surface area contributed by atoms with E-state index < -0.39 is 0 Å². The van der Waals surface area contributed by atoms with Crippen molar-refractivity contribution in [1.29, 1.82) is 0 Å². The Morgan fingerprint density at radius 1 is 1.14 bits per heavy atom. The predicted molar refractivity (Wildman–Crippen MR) is 86.0 cm³/mol. The quantitative estimate of drug-likeness (QED) is 0.752. The Morgan fingerprint density at radius 2 is 1.81 bits per heavy atom. The molecule has 0 aliphatic heterocycles. The second-order valence-electron chi connectivity index (χ2n) is 4.83. The molecule has 0 saturated carbocycles. The van der Waals surface area contributed by atoms with Gasteiger partial charge in [-0.15, -0.1) is 0 Å². The Bertz CT molecular complexity index is 740. The summed E-state index contributed by atoms with van der Waals surface area (Å²) in [6.07, 6.45) is 2.27. The highest BCUT2D eigenvalue weighted by molar-refractivity contribution is 6.37. The summed E-state index contributed by atoms with van der Waals surface area (Å²) in [6.45, 7) is 0. The van der Waals surface area contributed by atoms with Gasteiger partial charge >= 0.3 is 0 Å². The van der Waals surface area contributed by atoms with Crippen molar-refractivity contribution in [1.82, 2.24) is 0 Å². The molecule has 0 atom stereocenters. The molecule has 3 rings (SSSR count). The van der Waals surface area contributed by atoms with Crippen LogP contribution >= 0.6 is 23.2 Å². The standard InChI is InChI=1S/C17H12Cl2O2/c1-21-17-14(18)7-10(8-15(17)19)6-13-12-5-3-2-4-11(12)9-16(13)20/h2-8H,9H2,1H3/b13-6-. The molecule has 0 heterocycles. The Hall–Kier alpha value is -1.77. The van der Waals surface area contributed by atoms with Gasteiger partial charge in [-0.2, -0.15) is 0 Å². The smallest absolute Gasteiger partial charge is 0.167 e. The van der Waals surface area contributed by atoms with Crippen LogP contribution in [-0.4, -0.2) is 12.9 Å². The molecule has 0 unspecified atom stereocenters. The van der Waals surface area contributed by atoms with Gasteiger partial charge in [-0.1, -0.05) is 47.5 Å². The van der Waals surface area contributed by atoms with Crippen molar-refractivity contribution in [3.8, 4) is 5.75 Å². The molecule has 0 fully saturated rings. The second kappa shape index (κ2) is 5.55. The van der Waals surface area contributed by atoms with Gasteiger partial charge in [-0.05, 0) is 34.9 Å². The monoisotopic (exact) mass is 318 g/mol. The third kappa shape index (κ3) is 2.57. The van der Waals surface area contributed by atoms with Crippen molar-refractivity contribution in [2.24, 2.45) is 0 Å². The molecule has 2 aromatic rings. The van der Waals surface area contributed by atoms with E-state index in [1.807, 2.05) is 30.3 Å². The van der Waals surface area contributed by atoms with E-state index in [1.54, 1.807) is 12.1 Å². The van der Waals surface area contributed by atoms with Gasteiger partial charge in [0.2, 0.25) is 0 Å². The minimum atomic E-state index is 0.110. The van der Waals surface area contributed by atoms with Gasteiger partial charge in [-0.3, -0.25) is 4.79 Å². The second-order valence-corrected chi connectivity index (χ2v) is 5.65. The van der Waals surface area contributed by atoms with Crippen LogP contribution in [0.5, 0.6) is 5.75 Å². The van der Waals surface area contributed by atoms with Crippen LogP contribution in [0.3, 0.4) is 0 Å². The first-order valence-electron chi connectivity index (χ1n) is 6.46. The zero-order chi connectivity index (χ0) is 15.0. The molecule has 0 N–H and O–H groups in total. The molecule has 4 heteroatoms. The van der Waals surface area contributed by atoms with Crippen molar-refractivity contribution >= 4 is 40.6 Å². The Morgan fingerprint density at radius 3 is 2.48 bits per heavy atom. The number of rotatable bonds is 2. The summed E-state index contributed by atoms with van der Waals surface area (Å²) in [6, 6.07) is 11.3. The molecule has 0 bridgehead atoms. The van der Waals surface area contributed by atoms with Crippen molar-refractivity contribution in [3.63, 3.8) is 0 Å². The van der Waals surface area contributed by atoms with E-state index in [4.69, 9.17) is 27.9 Å². The number of ether oxygens (including phenoxy) is 1. The van der Waals surface area contributed by atoms with Gasteiger partial charge in [-0.25, -0.2) is 0 Å². The van der Waals surface area contributed by atoms with Crippen molar-refractivity contribution in [3.05, 3.63) is 63.1 Å². The minimum absolute atomic E-state index is 0.110. The lowest BCUT2D eigenvalue weighted by Crippen LogP contribution is -1.94. The maximum Gasteiger partial charge on any atom is 0.167 e. The molecule has 0 aromatic heterocycles. The number of halogens is 2. The fraction of sp³-hybridized carbons (Fsp3) is 0.118. The lowest BCUT2D eigenvalue weighted by Gasteiger charge is -2.07. The molecule has 1 aliphatic rings. The van der Waals surface area contributed by atoms with Crippen LogP contribution in [0.2, 0.25) is 10.0 Å². The van der Waals surface area contributed by atoms with Crippen molar-refractivity contribution in [2.45, 2.75) is 6.42 Å². The zero-order valence-electron chi connectivity index (χ0n) is 11.3. The molecule has 0 radical (unpaired) electrons. The summed E-state index contributed by atoms with van der Waals surface area (Å²) < 4.78 is 5.13. The van der Waals surface area contributed by atoms with E-state index in [1.165, 1.54) is 7.11 Å². The molecule has 21 heavy (non-hydrogen) atoms. The fourth-order valence-corrected chi connectivity index (χ4v) is 3.20. The number of benzene rings is 2. The summed E-state index contributed by atoms with van der Waals surface area (Å²) in [5, 5.41) is 0.853. The number of ketones is 1. The highest BCUT2D eigenvalue weighted by Gasteiger charge is 2.23. The third-order valence-electron chi connectivity index (χ3n) is 3.49. The van der Waals surface area contributed by atoms with Gasteiger partial charge in [0.25, 0.3) is 0 Å². The summed E-state index contributed by atoms with van der Waals surface area (Å²) in [7, 11) is 1.52. The number of allylic oxidation sites excluding steroid dienone is 1. The highest BCUT2D eigenvalue weighted by Crippen LogP contribution is 2.36. The lowest BCUT2D eigenvalue weighted by molar-refractivity contribution is -0.112. The van der Waals surface area contributed by atoms with E-state index in [0.717, 1.165) is 16.7 Å². The van der Waals surface area contributed by atoms with E-state index in [2.05, 4.69) is 0 Å². The summed E-state index contributed by atoms with van der Waals surface area (Å²) in [4.78, 5) is 12.2. The van der Waals surface area contributed by atoms with Crippen molar-refractivity contribution < 1.29 is 9.53 Å². The normalized spacial score (nSPS) is 15.4. The number of methoxy groups -OCH3 is 1. The predicted octanol–water partition coefficient (Wildman–Crippen LogP) is 4.67. The number of hydrogen-bond donors (Lipinski definition) is 0. The average Bonchev–Trinajstić information content (AvgIpc) is 2.75. The van der Waals surface area contributed by atoms with Crippen LogP contribution in [0.15, 0.2) is 36.4 Å². The lowest BCUT2D eigenvalue weighted by atomic mass is 10.0. The fourth-order valence-electron chi connectivity index (χ4n) is 2.54. The van der Waals surface area contributed by atoms with Crippen LogP contribution < -0.4 is 4.74 Å². The van der Waals surface area contributed by atoms with E-state index >= 15 is 0 Å². The number of carbonyl (C=O) groups is 1. The van der Waals surface area contributed by atoms with E-state index in [0.29, 0.717) is 27.8 Å². The van der Waals surface area contributed by atoms with Crippen LogP contribution in [-0.2, 0) is 11.2 Å². The maximum atomic E-state index is 12.2. The average molecular weight is 319 g/mol. The summed E-state index contributed by atoms with van der Waals surface area (Å²) in [5.74, 6) is 0.554. The number of Topliss-reactive ketones (excluding diaryl/α,β-unsaturated/α-hetero) is 1. The first-order chi connectivity index (χ1) is 10.1. The maximum absolute atomic E-state index is 12.2. The molecule has 0 amide bonds. The molecule has 0 spiro atoms. The van der Waals surface area contributed by atoms with Gasteiger partial charge in [0.15, 0.2) is 11.5 Å². The molecule has 2 nitrogen and oxygen atoms in total. The summed E-state index contributed by atoms with van der Waals surface area (Å²) in [5.41, 5.74) is 3.51. The number of hydrogen-bond acceptors (Lipinski definition) is 2. The van der Waals surface area contributed by atoms with Crippen LogP contribution in [0.1, 0.15) is 16.7 Å². The third-order valence-corrected chi connectivity index (χ3v) is 4.06. The van der Waals surface area contributed by atoms with Gasteiger partial charge in [0, 0.05) is 12.0 Å². The van der Waals surface area contributed by atoms with E-state index in [-0.39, 0.29) is 5.78 Å². The first-order valence-corrected chi connectivity index (χ1v) is 7.22. The Balaban J connectivity index is 2.09. The van der Waals surface area contributed by atoms with Gasteiger partial charge in [0.1, 0.15) is 0 Å². The summed E-state index contributed by atoms with van der Waals surface area (Å²) >= 11 is 12.3. The molecular formula is C17H12Cl2O2. The highest BCUT2D eigenvalue weighted by atomic mass is 35.5. The number of carbonyl (C=O) groups excluding carboxylic acids is 1. The topological polar surface area (TPSA) is 26.3 Å². The molecule has 2 aromatic carbocycles. The SMILES string of the molecule is COc1c(Cl)cc(/C=C2\C(=O)Cc3ccccc32)cc1Cl. The van der Waals surface area contributed by atoms with Crippen LogP contribution in [0, 0.1) is 0 Å². The minimum Gasteiger partial charge on any atom is -0.494 e. The number of fused-ring (bicyclic) bond motifs is 1. The zero-order valence-corrected chi connectivity index (χ0v) is 12.8. The largest absolute Gasteiger partial charge is 0.494 e. The molecule has 0 saturated heterocycles. The van der Waals surface area contributed by atoms with Crippen molar-refractivity contribution in [2.75, 3.05) is 7.11 Å². The molecular weight excluding hydrogens is 307 g/mol. The van der Waals surface area contributed by atoms with Crippen LogP contribution in [0.4, 0.5) is 0 Å². The molecule has 106 valence electrons. The Labute approximate surface area is 132 Å². The van der Waals surface area contributed by atoms with Gasteiger partial charge in [0.05, 0.1) is 17.2 Å². The first kappa shape index (κ1) is 14.2. The van der Waals surface area contributed by atoms with E-state index in [9.17, 15) is 4.79 Å². The van der Waals surface area contributed by atoms with Crippen LogP contribution in [0.25, 0.3) is 11.6 Å². The Kier molecular flexibility index (Phi) is 3.75. The van der Waals surface area contributed by atoms with Gasteiger partial charge < -0.3 is 4.74 Å².